The summed E-state index contributed by atoms with van der Waals surface area (Å²) in [6.07, 6.45) is 1.75. The average molecular weight is 418 g/mol. The summed E-state index contributed by atoms with van der Waals surface area (Å²) in [6.45, 7) is 8.63. The number of hydrogen-bond donors (Lipinski definition) is 1. The van der Waals surface area contributed by atoms with E-state index in [-0.39, 0.29) is 22.5 Å². The zero-order valence-electron chi connectivity index (χ0n) is 18.3. The number of hydrogen-bond acceptors (Lipinski definition) is 6. The molecule has 2 rings (SSSR count). The number of aryl methyl sites for hydroxylation is 1. The van der Waals surface area contributed by atoms with Gasteiger partial charge in [0.2, 0.25) is 0 Å². The molecule has 30 heavy (non-hydrogen) atoms. The quantitative estimate of drug-likeness (QED) is 0.495. The second-order valence-corrected chi connectivity index (χ2v) is 8.38. The van der Waals surface area contributed by atoms with Crippen LogP contribution in [-0.2, 0) is 20.5 Å². The van der Waals surface area contributed by atoms with E-state index in [1.54, 1.807) is 19.2 Å². The smallest absolute Gasteiger partial charge is 0.332 e. The Labute approximate surface area is 176 Å². The van der Waals surface area contributed by atoms with Crippen molar-refractivity contribution in [3.63, 3.8) is 0 Å². The van der Waals surface area contributed by atoms with Gasteiger partial charge in [0.1, 0.15) is 5.82 Å². The lowest BCUT2D eigenvalue weighted by Crippen LogP contribution is -2.45. The third kappa shape index (κ3) is 6.03. The number of benzene rings is 1. The van der Waals surface area contributed by atoms with E-state index in [0.29, 0.717) is 12.4 Å². The number of nitro groups is 1. The standard InChI is InChI=1S/C21H31N5O4/c1-21(2,3)25(13-6-7-16-8-10-17(11-9-16)26(29)30)14-12-22-18-15-19(27)24(5)20(28)23(18)4/h8-11,15,22H,6-7,12-14H2,1-5H3. The highest BCUT2D eigenvalue weighted by Crippen LogP contribution is 2.16. The van der Waals surface area contributed by atoms with Gasteiger partial charge in [0.15, 0.2) is 0 Å². The molecule has 1 aromatic heterocycles. The molecule has 0 spiro atoms. The molecular weight excluding hydrogens is 386 g/mol. The maximum absolute atomic E-state index is 12.0. The Bertz CT molecular complexity index is 986. The Morgan fingerprint density at radius 1 is 1.07 bits per heavy atom. The topological polar surface area (TPSA) is 102 Å². The molecule has 0 saturated heterocycles. The van der Waals surface area contributed by atoms with Crippen LogP contribution in [0.5, 0.6) is 0 Å². The summed E-state index contributed by atoms with van der Waals surface area (Å²) in [5, 5.41) is 14.0. The molecule has 0 fully saturated rings. The molecule has 0 bridgehead atoms. The first-order valence-corrected chi connectivity index (χ1v) is 10.00. The summed E-state index contributed by atoms with van der Waals surface area (Å²) in [6, 6.07) is 8.11. The van der Waals surface area contributed by atoms with E-state index < -0.39 is 4.92 Å². The molecule has 0 amide bonds. The van der Waals surface area contributed by atoms with E-state index in [4.69, 9.17) is 0 Å². The van der Waals surface area contributed by atoms with Gasteiger partial charge in [-0.2, -0.15) is 0 Å². The second-order valence-electron chi connectivity index (χ2n) is 8.38. The van der Waals surface area contributed by atoms with Crippen LogP contribution < -0.4 is 16.6 Å². The number of anilines is 1. The van der Waals surface area contributed by atoms with Gasteiger partial charge in [-0.3, -0.25) is 28.9 Å². The van der Waals surface area contributed by atoms with Crippen molar-refractivity contribution in [2.75, 3.05) is 25.0 Å². The Kier molecular flexibility index (Phi) is 7.55. The van der Waals surface area contributed by atoms with E-state index in [0.717, 1.165) is 36.1 Å². The molecule has 0 aliphatic carbocycles. The molecule has 0 aliphatic rings. The summed E-state index contributed by atoms with van der Waals surface area (Å²) < 4.78 is 2.50. The Morgan fingerprint density at radius 3 is 2.27 bits per heavy atom. The van der Waals surface area contributed by atoms with Gasteiger partial charge >= 0.3 is 5.69 Å². The first-order chi connectivity index (χ1) is 14.0. The fourth-order valence-corrected chi connectivity index (χ4v) is 3.26. The summed E-state index contributed by atoms with van der Waals surface area (Å²) in [4.78, 5) is 36.6. The molecular formula is C21H31N5O4. The van der Waals surface area contributed by atoms with Crippen molar-refractivity contribution in [1.82, 2.24) is 14.0 Å². The average Bonchev–Trinajstić information content (AvgIpc) is 2.68. The highest BCUT2D eigenvalue weighted by Gasteiger charge is 2.20. The van der Waals surface area contributed by atoms with Gasteiger partial charge in [-0.15, -0.1) is 0 Å². The van der Waals surface area contributed by atoms with Gasteiger partial charge in [-0.1, -0.05) is 12.1 Å². The zero-order valence-corrected chi connectivity index (χ0v) is 18.3. The summed E-state index contributed by atoms with van der Waals surface area (Å²) >= 11 is 0. The van der Waals surface area contributed by atoms with E-state index in [9.17, 15) is 19.7 Å². The SMILES string of the molecule is Cn1c(NCCN(CCCc2ccc([N+](=O)[O-])cc2)C(C)(C)C)cc(=O)n(C)c1=O. The van der Waals surface area contributed by atoms with E-state index >= 15 is 0 Å². The molecule has 0 saturated carbocycles. The monoisotopic (exact) mass is 417 g/mol. The van der Waals surface area contributed by atoms with Crippen molar-refractivity contribution in [1.29, 1.82) is 0 Å². The van der Waals surface area contributed by atoms with Crippen LogP contribution in [-0.4, -0.2) is 44.1 Å². The lowest BCUT2D eigenvalue weighted by atomic mass is 10.0. The second kappa shape index (κ2) is 9.71. The summed E-state index contributed by atoms with van der Waals surface area (Å²) in [7, 11) is 3.09. The molecule has 9 nitrogen and oxygen atoms in total. The van der Waals surface area contributed by atoms with Gasteiger partial charge < -0.3 is 5.32 Å². The molecule has 2 aromatic rings. The minimum Gasteiger partial charge on any atom is -0.370 e. The van der Waals surface area contributed by atoms with Crippen molar-refractivity contribution in [2.24, 2.45) is 14.1 Å². The van der Waals surface area contributed by atoms with Crippen molar-refractivity contribution in [3.05, 3.63) is 66.8 Å². The highest BCUT2D eigenvalue weighted by molar-refractivity contribution is 5.34. The normalized spacial score (nSPS) is 11.7. The maximum atomic E-state index is 12.0. The number of rotatable bonds is 9. The molecule has 1 N–H and O–H groups in total. The first-order valence-electron chi connectivity index (χ1n) is 10.00. The van der Waals surface area contributed by atoms with Gasteiger partial charge in [0.25, 0.3) is 11.2 Å². The van der Waals surface area contributed by atoms with Crippen LogP contribution in [0.3, 0.4) is 0 Å². The van der Waals surface area contributed by atoms with Crippen molar-refractivity contribution < 1.29 is 4.92 Å². The predicted molar refractivity (Wildman–Crippen MR) is 118 cm³/mol. The highest BCUT2D eigenvalue weighted by atomic mass is 16.6. The number of nitro benzene ring substituents is 1. The van der Waals surface area contributed by atoms with Crippen LogP contribution in [0.25, 0.3) is 0 Å². The van der Waals surface area contributed by atoms with Gasteiger partial charge in [-0.25, -0.2) is 4.79 Å². The van der Waals surface area contributed by atoms with Crippen molar-refractivity contribution in [2.45, 2.75) is 39.2 Å². The molecule has 0 unspecified atom stereocenters. The number of non-ortho nitro benzene ring substituents is 1. The van der Waals surface area contributed by atoms with E-state index in [1.165, 1.54) is 29.8 Å². The van der Waals surface area contributed by atoms with Crippen LogP contribution in [0.15, 0.2) is 39.9 Å². The summed E-state index contributed by atoms with van der Waals surface area (Å²) in [5.41, 5.74) is 0.432. The van der Waals surface area contributed by atoms with Crippen LogP contribution >= 0.6 is 0 Å². The Balaban J connectivity index is 1.93. The fourth-order valence-electron chi connectivity index (χ4n) is 3.26. The lowest BCUT2D eigenvalue weighted by molar-refractivity contribution is -0.384. The van der Waals surface area contributed by atoms with Gasteiger partial charge in [0, 0.05) is 50.9 Å². The van der Waals surface area contributed by atoms with Crippen LogP contribution in [0.2, 0.25) is 0 Å². The molecule has 0 radical (unpaired) electrons. The molecule has 0 atom stereocenters. The third-order valence-corrected chi connectivity index (χ3v) is 5.20. The van der Waals surface area contributed by atoms with E-state index in [2.05, 4.69) is 31.0 Å². The van der Waals surface area contributed by atoms with Crippen molar-refractivity contribution in [3.8, 4) is 0 Å². The number of nitrogens with one attached hydrogen (secondary N) is 1. The van der Waals surface area contributed by atoms with Crippen LogP contribution in [0, 0.1) is 10.1 Å². The third-order valence-electron chi connectivity index (χ3n) is 5.20. The Hall–Kier alpha value is -2.94. The largest absolute Gasteiger partial charge is 0.370 e. The fraction of sp³-hybridized carbons (Fsp3) is 0.524. The molecule has 1 heterocycles. The lowest BCUT2D eigenvalue weighted by Gasteiger charge is -2.36. The first kappa shape index (κ1) is 23.3. The van der Waals surface area contributed by atoms with Gasteiger partial charge in [0.05, 0.1) is 4.92 Å². The van der Waals surface area contributed by atoms with Crippen LogP contribution in [0.4, 0.5) is 11.5 Å². The van der Waals surface area contributed by atoms with E-state index in [1.807, 2.05) is 0 Å². The molecule has 164 valence electrons. The number of aromatic nitrogens is 2. The minimum absolute atomic E-state index is 0.0458. The zero-order chi connectivity index (χ0) is 22.5. The minimum atomic E-state index is -0.392. The summed E-state index contributed by atoms with van der Waals surface area (Å²) in [5.74, 6) is 0.503. The van der Waals surface area contributed by atoms with Crippen LogP contribution in [0.1, 0.15) is 32.8 Å². The maximum Gasteiger partial charge on any atom is 0.332 e. The molecule has 1 aromatic carbocycles. The van der Waals surface area contributed by atoms with Gasteiger partial charge in [-0.05, 0) is 45.7 Å². The Morgan fingerprint density at radius 2 is 1.70 bits per heavy atom. The number of nitrogens with zero attached hydrogens (tertiary/aromatic N) is 4. The molecule has 0 aliphatic heterocycles. The van der Waals surface area contributed by atoms with Crippen molar-refractivity contribution >= 4 is 11.5 Å². The predicted octanol–water partition coefficient (Wildman–Crippen LogP) is 2.14. The molecule has 9 heteroatoms.